The van der Waals surface area contributed by atoms with E-state index in [2.05, 4.69) is 27.0 Å². The van der Waals surface area contributed by atoms with Crippen molar-refractivity contribution < 1.29 is 18.7 Å². The second kappa shape index (κ2) is 10.5. The summed E-state index contributed by atoms with van der Waals surface area (Å²) in [5, 5.41) is 12.7. The molecule has 1 aromatic carbocycles. The van der Waals surface area contributed by atoms with E-state index in [0.717, 1.165) is 51.1 Å². The minimum atomic E-state index is -0.320. The Morgan fingerprint density at radius 1 is 1.24 bits per heavy atom. The van der Waals surface area contributed by atoms with Gasteiger partial charge in [-0.15, -0.1) is 0 Å². The number of piperazine rings is 1. The van der Waals surface area contributed by atoms with Crippen molar-refractivity contribution >= 4 is 5.91 Å². The zero-order chi connectivity index (χ0) is 20.6. The quantitative estimate of drug-likeness (QED) is 0.666. The number of hydrogen-bond donors (Lipinski definition) is 2. The Labute approximate surface area is 170 Å². The van der Waals surface area contributed by atoms with E-state index in [0.29, 0.717) is 19.0 Å². The number of aliphatic hydroxyl groups excluding tert-OH is 1. The third-order valence-corrected chi connectivity index (χ3v) is 5.07. The van der Waals surface area contributed by atoms with Crippen molar-refractivity contribution in [2.75, 3.05) is 32.7 Å². The average molecular weight is 404 g/mol. The van der Waals surface area contributed by atoms with Gasteiger partial charge in [0.2, 0.25) is 5.89 Å². The molecule has 158 valence electrons. The fourth-order valence-electron chi connectivity index (χ4n) is 3.41. The largest absolute Gasteiger partial charge is 0.447 e. The van der Waals surface area contributed by atoms with Crippen LogP contribution in [0.2, 0.25) is 0 Å². The van der Waals surface area contributed by atoms with Gasteiger partial charge in [0.05, 0.1) is 12.6 Å². The third-order valence-electron chi connectivity index (χ3n) is 5.07. The zero-order valence-corrected chi connectivity index (χ0v) is 16.8. The van der Waals surface area contributed by atoms with E-state index < -0.39 is 0 Å². The summed E-state index contributed by atoms with van der Waals surface area (Å²) in [6.07, 6.45) is 2.94. The van der Waals surface area contributed by atoms with Gasteiger partial charge in [0.1, 0.15) is 12.1 Å². The first kappa shape index (κ1) is 21.4. The minimum Gasteiger partial charge on any atom is -0.447 e. The summed E-state index contributed by atoms with van der Waals surface area (Å²) in [7, 11) is 0. The molecule has 2 N–H and O–H groups in total. The van der Waals surface area contributed by atoms with Crippen LogP contribution in [0.4, 0.5) is 4.39 Å². The molecule has 3 rings (SSSR count). The Bertz CT molecular complexity index is 772. The van der Waals surface area contributed by atoms with Gasteiger partial charge in [-0.05, 0) is 24.1 Å². The maximum atomic E-state index is 12.9. The van der Waals surface area contributed by atoms with Crippen molar-refractivity contribution in [2.24, 2.45) is 0 Å². The Morgan fingerprint density at radius 2 is 1.93 bits per heavy atom. The summed E-state index contributed by atoms with van der Waals surface area (Å²) in [6, 6.07) is 5.98. The van der Waals surface area contributed by atoms with Gasteiger partial charge in [-0.3, -0.25) is 14.6 Å². The van der Waals surface area contributed by atoms with E-state index in [1.54, 1.807) is 12.1 Å². The van der Waals surface area contributed by atoms with Gasteiger partial charge in [-0.1, -0.05) is 25.5 Å². The van der Waals surface area contributed by atoms with E-state index in [1.807, 2.05) is 0 Å². The van der Waals surface area contributed by atoms with Crippen LogP contribution >= 0.6 is 0 Å². The Kier molecular flexibility index (Phi) is 7.74. The summed E-state index contributed by atoms with van der Waals surface area (Å²) < 4.78 is 18.4. The highest BCUT2D eigenvalue weighted by Gasteiger charge is 2.21. The lowest BCUT2D eigenvalue weighted by molar-refractivity contribution is 0.0634. The second-order valence-corrected chi connectivity index (χ2v) is 7.45. The molecule has 1 aliphatic heterocycles. The van der Waals surface area contributed by atoms with Crippen molar-refractivity contribution in [3.05, 3.63) is 53.5 Å². The number of oxazole rings is 1. The van der Waals surface area contributed by atoms with Gasteiger partial charge >= 0.3 is 0 Å². The predicted molar refractivity (Wildman–Crippen MR) is 107 cm³/mol. The minimum absolute atomic E-state index is 0.239. The molecule has 0 radical (unpaired) electrons. The van der Waals surface area contributed by atoms with Gasteiger partial charge in [-0.2, -0.15) is 0 Å². The maximum Gasteiger partial charge on any atom is 0.273 e. The van der Waals surface area contributed by atoms with Gasteiger partial charge < -0.3 is 14.8 Å². The van der Waals surface area contributed by atoms with Crippen molar-refractivity contribution in [3.8, 4) is 0 Å². The molecule has 0 unspecified atom stereocenters. The molecular weight excluding hydrogens is 375 g/mol. The Hall–Kier alpha value is -2.29. The maximum absolute atomic E-state index is 12.9. The number of aliphatic hydroxyl groups is 1. The monoisotopic (exact) mass is 404 g/mol. The standard InChI is InChI=1S/C21H29FN4O3/c1-2-3-18(27)13-25-8-10-26(11-9-25)14-20-24-19(15-29-20)21(28)23-12-16-4-6-17(22)7-5-16/h4-7,15,18,27H,2-3,8-14H2,1H3,(H,23,28)/t18-/m1/s1. The van der Waals surface area contributed by atoms with Gasteiger partial charge in [0.25, 0.3) is 5.91 Å². The molecule has 1 atom stereocenters. The van der Waals surface area contributed by atoms with Crippen molar-refractivity contribution in [1.29, 1.82) is 0 Å². The molecule has 0 aliphatic carbocycles. The number of amides is 1. The molecule has 1 fully saturated rings. The van der Waals surface area contributed by atoms with Crippen LogP contribution in [-0.4, -0.2) is 64.6 Å². The Balaban J connectivity index is 1.42. The number of rotatable bonds is 9. The summed E-state index contributed by atoms with van der Waals surface area (Å²) in [5.74, 6) is -0.116. The number of carbonyl (C=O) groups excluding carboxylic acids is 1. The molecule has 0 saturated carbocycles. The predicted octanol–water partition coefficient (Wildman–Crippen LogP) is 2.02. The molecule has 0 spiro atoms. The molecule has 1 aromatic heterocycles. The molecule has 1 amide bonds. The molecule has 8 heteroatoms. The van der Waals surface area contributed by atoms with E-state index in [4.69, 9.17) is 4.42 Å². The van der Waals surface area contributed by atoms with Gasteiger partial charge in [-0.25, -0.2) is 9.37 Å². The number of nitrogens with one attached hydrogen (secondary N) is 1. The number of carbonyl (C=O) groups is 1. The smallest absolute Gasteiger partial charge is 0.273 e. The number of halogens is 1. The second-order valence-electron chi connectivity index (χ2n) is 7.45. The first-order chi connectivity index (χ1) is 14.0. The first-order valence-corrected chi connectivity index (χ1v) is 10.1. The number of nitrogens with zero attached hydrogens (tertiary/aromatic N) is 3. The normalized spacial score (nSPS) is 16.7. The third kappa shape index (κ3) is 6.62. The van der Waals surface area contributed by atoms with Crippen molar-refractivity contribution in [2.45, 2.75) is 39.0 Å². The summed E-state index contributed by atoms with van der Waals surface area (Å²) >= 11 is 0. The van der Waals surface area contributed by atoms with Crippen LogP contribution in [0.1, 0.15) is 41.7 Å². The van der Waals surface area contributed by atoms with Crippen LogP contribution in [-0.2, 0) is 13.1 Å². The van der Waals surface area contributed by atoms with Crippen LogP contribution in [0.3, 0.4) is 0 Å². The fourth-order valence-corrected chi connectivity index (χ4v) is 3.41. The number of β-amino-alcohol motifs (C(OH)–C–C–N with tert-alkyl or cyclic N) is 1. The zero-order valence-electron chi connectivity index (χ0n) is 16.8. The van der Waals surface area contributed by atoms with Crippen LogP contribution < -0.4 is 5.32 Å². The van der Waals surface area contributed by atoms with Crippen LogP contribution in [0, 0.1) is 5.82 Å². The lowest BCUT2D eigenvalue weighted by Crippen LogP contribution is -2.48. The topological polar surface area (TPSA) is 81.8 Å². The highest BCUT2D eigenvalue weighted by molar-refractivity contribution is 5.91. The molecule has 1 saturated heterocycles. The molecular formula is C21H29FN4O3. The Morgan fingerprint density at radius 3 is 2.62 bits per heavy atom. The van der Waals surface area contributed by atoms with Crippen molar-refractivity contribution in [3.63, 3.8) is 0 Å². The molecule has 7 nitrogen and oxygen atoms in total. The van der Waals surface area contributed by atoms with Crippen LogP contribution in [0.15, 0.2) is 34.9 Å². The van der Waals surface area contributed by atoms with Gasteiger partial charge in [0.15, 0.2) is 5.69 Å². The van der Waals surface area contributed by atoms with E-state index in [-0.39, 0.29) is 23.5 Å². The van der Waals surface area contributed by atoms with E-state index in [9.17, 15) is 14.3 Å². The molecule has 2 aromatic rings. The molecule has 0 bridgehead atoms. The molecule has 2 heterocycles. The molecule has 29 heavy (non-hydrogen) atoms. The van der Waals surface area contributed by atoms with Crippen LogP contribution in [0.5, 0.6) is 0 Å². The highest BCUT2D eigenvalue weighted by Crippen LogP contribution is 2.11. The highest BCUT2D eigenvalue weighted by atomic mass is 19.1. The molecule has 1 aliphatic rings. The lowest BCUT2D eigenvalue weighted by atomic mass is 10.2. The first-order valence-electron chi connectivity index (χ1n) is 10.1. The number of aromatic nitrogens is 1. The van der Waals surface area contributed by atoms with Crippen LogP contribution in [0.25, 0.3) is 0 Å². The average Bonchev–Trinajstić information content (AvgIpc) is 3.17. The SMILES string of the molecule is CCC[C@@H](O)CN1CCN(Cc2nc(C(=O)NCc3ccc(F)cc3)co2)CC1. The van der Waals surface area contributed by atoms with E-state index in [1.165, 1.54) is 18.4 Å². The fraction of sp³-hybridized carbons (Fsp3) is 0.524. The summed E-state index contributed by atoms with van der Waals surface area (Å²) in [6.45, 7) is 7.18. The van der Waals surface area contributed by atoms with Crippen molar-refractivity contribution in [1.82, 2.24) is 20.1 Å². The number of benzene rings is 1. The van der Waals surface area contributed by atoms with E-state index >= 15 is 0 Å². The summed E-state index contributed by atoms with van der Waals surface area (Å²) in [5.41, 5.74) is 1.05. The lowest BCUT2D eigenvalue weighted by Gasteiger charge is -2.34. The van der Waals surface area contributed by atoms with Gasteiger partial charge in [0, 0.05) is 39.3 Å². The summed E-state index contributed by atoms with van der Waals surface area (Å²) in [4.78, 5) is 21.0. The number of hydrogen-bond acceptors (Lipinski definition) is 6.